The van der Waals surface area contributed by atoms with Gasteiger partial charge in [0.05, 0.1) is 5.56 Å². The molecule has 0 unspecified atom stereocenters. The number of benzene rings is 1. The molecule has 0 bridgehead atoms. The van der Waals surface area contributed by atoms with Gasteiger partial charge in [-0.25, -0.2) is 22.5 Å². The summed E-state index contributed by atoms with van der Waals surface area (Å²) in [6.45, 7) is 1.56. The van der Waals surface area contributed by atoms with Gasteiger partial charge in [-0.3, -0.25) is 0 Å². The van der Waals surface area contributed by atoms with Crippen LogP contribution in [0.1, 0.15) is 5.69 Å². The SMILES string of the molecule is Cc1ccc(F)c(-c2c(F)cc(F)cc2F)n1. The van der Waals surface area contributed by atoms with Crippen molar-refractivity contribution in [3.8, 4) is 11.3 Å². The molecule has 88 valence electrons. The van der Waals surface area contributed by atoms with Gasteiger partial charge in [-0.05, 0) is 19.1 Å². The van der Waals surface area contributed by atoms with E-state index >= 15 is 0 Å². The highest BCUT2D eigenvalue weighted by atomic mass is 19.1. The molecule has 0 aliphatic carbocycles. The number of aromatic nitrogens is 1. The van der Waals surface area contributed by atoms with E-state index in [1.165, 1.54) is 6.07 Å². The van der Waals surface area contributed by atoms with Gasteiger partial charge in [0, 0.05) is 17.8 Å². The van der Waals surface area contributed by atoms with Gasteiger partial charge in [0.2, 0.25) is 0 Å². The van der Waals surface area contributed by atoms with E-state index in [9.17, 15) is 17.6 Å². The predicted octanol–water partition coefficient (Wildman–Crippen LogP) is 3.61. The summed E-state index contributed by atoms with van der Waals surface area (Å²) in [5.41, 5.74) is -0.711. The third-order valence-electron chi connectivity index (χ3n) is 2.23. The molecule has 5 heteroatoms. The molecule has 0 saturated heterocycles. The van der Waals surface area contributed by atoms with Crippen LogP contribution >= 0.6 is 0 Å². The predicted molar refractivity (Wildman–Crippen MR) is 54.2 cm³/mol. The zero-order valence-corrected chi connectivity index (χ0v) is 8.77. The number of aryl methyl sites for hydroxylation is 1. The topological polar surface area (TPSA) is 12.9 Å². The standard InChI is InChI=1S/C12H7F4N/c1-6-2-3-8(14)12(17-6)11-9(15)4-7(13)5-10(11)16/h2-5H,1H3. The monoisotopic (exact) mass is 241 g/mol. The molecule has 1 aromatic carbocycles. The van der Waals surface area contributed by atoms with Crippen molar-refractivity contribution >= 4 is 0 Å². The third-order valence-corrected chi connectivity index (χ3v) is 2.23. The second kappa shape index (κ2) is 4.16. The van der Waals surface area contributed by atoms with Crippen molar-refractivity contribution in [1.29, 1.82) is 0 Å². The minimum absolute atomic E-state index is 0.407. The first-order valence-electron chi connectivity index (χ1n) is 4.77. The van der Waals surface area contributed by atoms with Crippen LogP contribution in [0.3, 0.4) is 0 Å². The molecule has 0 fully saturated rings. The van der Waals surface area contributed by atoms with Crippen LogP contribution in [0.15, 0.2) is 24.3 Å². The molecule has 0 radical (unpaired) electrons. The van der Waals surface area contributed by atoms with Crippen LogP contribution in [0.2, 0.25) is 0 Å². The maximum absolute atomic E-state index is 13.4. The average Bonchev–Trinajstić information content (AvgIpc) is 2.21. The van der Waals surface area contributed by atoms with E-state index < -0.39 is 34.5 Å². The minimum atomic E-state index is -1.18. The maximum atomic E-state index is 13.4. The normalized spacial score (nSPS) is 10.6. The Morgan fingerprint density at radius 2 is 1.47 bits per heavy atom. The molecule has 0 aliphatic heterocycles. The Balaban J connectivity index is 2.72. The summed E-state index contributed by atoms with van der Waals surface area (Å²) >= 11 is 0. The van der Waals surface area contributed by atoms with Gasteiger partial charge in [0.1, 0.15) is 29.0 Å². The second-order valence-corrected chi connectivity index (χ2v) is 3.53. The molecule has 0 N–H and O–H groups in total. The third kappa shape index (κ3) is 2.13. The van der Waals surface area contributed by atoms with Crippen LogP contribution in [0.4, 0.5) is 17.6 Å². The van der Waals surface area contributed by atoms with Crippen molar-refractivity contribution < 1.29 is 17.6 Å². The highest BCUT2D eigenvalue weighted by Crippen LogP contribution is 2.27. The van der Waals surface area contributed by atoms with Crippen LogP contribution in [0.5, 0.6) is 0 Å². The van der Waals surface area contributed by atoms with Crippen molar-refractivity contribution in [2.45, 2.75) is 6.92 Å². The molecule has 0 aliphatic rings. The van der Waals surface area contributed by atoms with E-state index in [1.807, 2.05) is 0 Å². The molecular weight excluding hydrogens is 234 g/mol. The van der Waals surface area contributed by atoms with E-state index in [1.54, 1.807) is 6.92 Å². The van der Waals surface area contributed by atoms with Gasteiger partial charge >= 0.3 is 0 Å². The summed E-state index contributed by atoms with van der Waals surface area (Å²) in [5.74, 6) is -4.28. The van der Waals surface area contributed by atoms with Crippen LogP contribution < -0.4 is 0 Å². The van der Waals surface area contributed by atoms with Gasteiger partial charge in [-0.1, -0.05) is 0 Å². The zero-order chi connectivity index (χ0) is 12.6. The zero-order valence-electron chi connectivity index (χ0n) is 8.77. The Morgan fingerprint density at radius 3 is 2.06 bits per heavy atom. The van der Waals surface area contributed by atoms with Gasteiger partial charge in [-0.2, -0.15) is 0 Å². The van der Waals surface area contributed by atoms with Crippen molar-refractivity contribution in [2.24, 2.45) is 0 Å². The molecule has 1 heterocycles. The number of hydrogen-bond acceptors (Lipinski definition) is 1. The number of nitrogens with zero attached hydrogens (tertiary/aromatic N) is 1. The van der Waals surface area contributed by atoms with Crippen LogP contribution in [-0.2, 0) is 0 Å². The molecule has 0 amide bonds. The number of hydrogen-bond donors (Lipinski definition) is 0. The quantitative estimate of drug-likeness (QED) is 0.695. The van der Waals surface area contributed by atoms with Crippen molar-refractivity contribution in [3.63, 3.8) is 0 Å². The summed E-state index contributed by atoms with van der Waals surface area (Å²) in [6, 6.07) is 3.40. The fourth-order valence-electron chi connectivity index (χ4n) is 1.48. The smallest absolute Gasteiger partial charge is 0.149 e. The molecule has 0 saturated carbocycles. The van der Waals surface area contributed by atoms with Gasteiger partial charge < -0.3 is 0 Å². The lowest BCUT2D eigenvalue weighted by Gasteiger charge is -2.06. The van der Waals surface area contributed by atoms with Crippen LogP contribution in [-0.4, -0.2) is 4.98 Å². The summed E-state index contributed by atoms with van der Waals surface area (Å²) < 4.78 is 53.0. The van der Waals surface area contributed by atoms with Crippen LogP contribution in [0, 0.1) is 30.2 Å². The van der Waals surface area contributed by atoms with E-state index in [2.05, 4.69) is 4.98 Å². The van der Waals surface area contributed by atoms with E-state index in [4.69, 9.17) is 0 Å². The lowest BCUT2D eigenvalue weighted by atomic mass is 10.1. The van der Waals surface area contributed by atoms with Gasteiger partial charge in [0.15, 0.2) is 0 Å². The highest BCUT2D eigenvalue weighted by Gasteiger charge is 2.18. The molecular formula is C12H7F4N. The first kappa shape index (κ1) is 11.6. The van der Waals surface area contributed by atoms with Crippen LogP contribution in [0.25, 0.3) is 11.3 Å². The fraction of sp³-hybridized carbons (Fsp3) is 0.0833. The largest absolute Gasteiger partial charge is 0.250 e. The van der Waals surface area contributed by atoms with Crippen molar-refractivity contribution in [3.05, 3.63) is 53.2 Å². The Morgan fingerprint density at radius 1 is 0.882 bits per heavy atom. The summed E-state index contributed by atoms with van der Waals surface area (Å²) in [5, 5.41) is 0. The first-order chi connectivity index (χ1) is 7.99. The summed E-state index contributed by atoms with van der Waals surface area (Å²) in [6.07, 6.45) is 0. The molecule has 0 spiro atoms. The molecule has 17 heavy (non-hydrogen) atoms. The summed E-state index contributed by atoms with van der Waals surface area (Å²) in [7, 11) is 0. The molecule has 2 aromatic rings. The highest BCUT2D eigenvalue weighted by molar-refractivity contribution is 5.61. The Bertz CT molecular complexity index is 558. The maximum Gasteiger partial charge on any atom is 0.149 e. The minimum Gasteiger partial charge on any atom is -0.250 e. The van der Waals surface area contributed by atoms with E-state index in [0.717, 1.165) is 6.07 Å². The lowest BCUT2D eigenvalue weighted by Crippen LogP contribution is -1.98. The fourth-order valence-corrected chi connectivity index (χ4v) is 1.48. The van der Waals surface area contributed by atoms with Gasteiger partial charge in [-0.15, -0.1) is 0 Å². The summed E-state index contributed by atoms with van der Waals surface area (Å²) in [4.78, 5) is 3.72. The molecule has 0 atom stereocenters. The van der Waals surface area contributed by atoms with Crippen molar-refractivity contribution in [2.75, 3.05) is 0 Å². The molecule has 2 rings (SSSR count). The number of pyridine rings is 1. The average molecular weight is 241 g/mol. The number of rotatable bonds is 1. The molecule has 1 nitrogen and oxygen atoms in total. The Hall–Kier alpha value is -1.91. The van der Waals surface area contributed by atoms with E-state index in [0.29, 0.717) is 17.8 Å². The molecule has 1 aromatic heterocycles. The number of halogens is 4. The van der Waals surface area contributed by atoms with Crippen molar-refractivity contribution in [1.82, 2.24) is 4.98 Å². The Kier molecular flexibility index (Phi) is 2.83. The second-order valence-electron chi connectivity index (χ2n) is 3.53. The van der Waals surface area contributed by atoms with E-state index in [-0.39, 0.29) is 0 Å². The first-order valence-corrected chi connectivity index (χ1v) is 4.77. The Labute approximate surface area is 94.7 Å². The lowest BCUT2D eigenvalue weighted by molar-refractivity contribution is 0.543. The van der Waals surface area contributed by atoms with Gasteiger partial charge in [0.25, 0.3) is 0 Å².